The van der Waals surface area contributed by atoms with Gasteiger partial charge in [0.2, 0.25) is 0 Å². The molecule has 2 aromatic heterocycles. The summed E-state index contributed by atoms with van der Waals surface area (Å²) in [5, 5.41) is 13.6. The Morgan fingerprint density at radius 2 is 1.92 bits per heavy atom. The lowest BCUT2D eigenvalue weighted by molar-refractivity contribution is 0.102. The predicted molar refractivity (Wildman–Crippen MR) is 148 cm³/mol. The second kappa shape index (κ2) is 13.0. The number of nitrogens with zero attached hydrogens (tertiary/aromatic N) is 6. The summed E-state index contributed by atoms with van der Waals surface area (Å²) in [4.78, 5) is 32.7. The predicted octanol–water partition coefficient (Wildman–Crippen LogP) is 4.36. The van der Waals surface area contributed by atoms with Gasteiger partial charge in [0, 0.05) is 45.8 Å². The van der Waals surface area contributed by atoms with Crippen molar-refractivity contribution < 1.29 is 9.90 Å². The molecule has 1 aliphatic heterocycles. The summed E-state index contributed by atoms with van der Waals surface area (Å²) in [7, 11) is 1.90. The second-order valence-electron chi connectivity index (χ2n) is 8.13. The van der Waals surface area contributed by atoms with Crippen molar-refractivity contribution in [3.63, 3.8) is 0 Å². The number of anilines is 4. The maximum absolute atomic E-state index is 12.8. The zero-order valence-electron chi connectivity index (χ0n) is 21.5. The maximum Gasteiger partial charge on any atom is 0.284 e. The molecule has 9 nitrogen and oxygen atoms in total. The smallest absolute Gasteiger partial charge is 0.284 e. The number of piperazine rings is 1. The van der Waals surface area contributed by atoms with Crippen molar-refractivity contribution >= 4 is 51.2 Å². The Morgan fingerprint density at radius 3 is 2.58 bits per heavy atom. The van der Waals surface area contributed by atoms with Gasteiger partial charge in [0.25, 0.3) is 5.91 Å². The van der Waals surface area contributed by atoms with Crippen molar-refractivity contribution in [2.45, 2.75) is 27.7 Å². The first-order chi connectivity index (χ1) is 17.4. The highest BCUT2D eigenvalue weighted by molar-refractivity contribution is 7.17. The molecule has 0 bridgehead atoms. The van der Waals surface area contributed by atoms with Gasteiger partial charge in [-0.2, -0.15) is 0 Å². The van der Waals surface area contributed by atoms with Crippen LogP contribution in [0.3, 0.4) is 0 Å². The van der Waals surface area contributed by atoms with Crippen LogP contribution in [0.4, 0.5) is 22.3 Å². The molecule has 1 aliphatic rings. The third-order valence-corrected chi connectivity index (χ3v) is 7.13. The van der Waals surface area contributed by atoms with Crippen LogP contribution in [0.25, 0.3) is 0 Å². The average molecular weight is 532 g/mol. The number of β-amino-alcohol motifs (C(OH)–C–C–N with tert-alkyl or cyclic N) is 1. The number of rotatable bonds is 7. The first-order valence-corrected chi connectivity index (χ1v) is 13.2. The van der Waals surface area contributed by atoms with E-state index in [2.05, 4.69) is 30.1 Å². The summed E-state index contributed by atoms with van der Waals surface area (Å²) < 4.78 is 0. The fourth-order valence-electron chi connectivity index (χ4n) is 3.81. The molecule has 0 unspecified atom stereocenters. The van der Waals surface area contributed by atoms with Crippen LogP contribution in [0.1, 0.15) is 35.0 Å². The highest BCUT2D eigenvalue weighted by atomic mass is 35.5. The van der Waals surface area contributed by atoms with Gasteiger partial charge < -0.3 is 20.2 Å². The molecule has 11 heteroatoms. The van der Waals surface area contributed by atoms with Gasteiger partial charge in [0.1, 0.15) is 22.5 Å². The molecule has 2 N–H and O–H groups in total. The lowest BCUT2D eigenvalue weighted by atomic mass is 10.2. The number of thiazole rings is 1. The molecule has 194 valence electrons. The van der Waals surface area contributed by atoms with Crippen molar-refractivity contribution in [1.82, 2.24) is 19.9 Å². The van der Waals surface area contributed by atoms with E-state index in [9.17, 15) is 4.79 Å². The highest BCUT2D eigenvalue weighted by Crippen LogP contribution is 2.31. The number of aliphatic hydroxyl groups is 1. The Labute approximate surface area is 221 Å². The summed E-state index contributed by atoms with van der Waals surface area (Å²) >= 11 is 7.53. The molecule has 3 heterocycles. The zero-order valence-corrected chi connectivity index (χ0v) is 23.0. The van der Waals surface area contributed by atoms with Gasteiger partial charge >= 0.3 is 0 Å². The van der Waals surface area contributed by atoms with E-state index in [0.717, 1.165) is 48.4 Å². The molecule has 4 rings (SSSR count). The van der Waals surface area contributed by atoms with E-state index in [1.807, 2.05) is 57.8 Å². The van der Waals surface area contributed by atoms with Gasteiger partial charge in [-0.25, -0.2) is 15.0 Å². The fourth-order valence-corrected chi connectivity index (χ4v) is 4.86. The monoisotopic (exact) mass is 531 g/mol. The Bertz CT molecular complexity index is 1140. The normalized spacial score (nSPS) is 13.7. The molecule has 1 aromatic carbocycles. The number of amides is 1. The standard InChI is InChI=1S/C23H28ClN7O2S.C2H6/c1-15-5-4-6-17(24)21(15)28-22(33)23-25-14-20(34-23)29(3)18-13-19(27-16(2)26-18)31-9-7-30(8-10-31)11-12-32;1-2/h4-6,13-14,32H,7-12H2,1-3H3,(H,28,33);1-2H3. The first-order valence-electron chi connectivity index (χ1n) is 12.1. The van der Waals surface area contributed by atoms with Crippen LogP contribution in [-0.4, -0.2) is 77.2 Å². The van der Waals surface area contributed by atoms with Gasteiger partial charge in [0.15, 0.2) is 5.01 Å². The fraction of sp³-hybridized carbons (Fsp3) is 0.440. The van der Waals surface area contributed by atoms with Gasteiger partial charge in [-0.15, -0.1) is 0 Å². The Morgan fingerprint density at radius 1 is 1.19 bits per heavy atom. The van der Waals surface area contributed by atoms with E-state index in [0.29, 0.717) is 28.1 Å². The number of benzene rings is 1. The van der Waals surface area contributed by atoms with E-state index in [1.54, 1.807) is 12.3 Å². The minimum absolute atomic E-state index is 0.175. The van der Waals surface area contributed by atoms with Gasteiger partial charge in [0.05, 0.1) is 23.5 Å². The van der Waals surface area contributed by atoms with Crippen molar-refractivity contribution in [2.24, 2.45) is 0 Å². The van der Waals surface area contributed by atoms with E-state index in [1.165, 1.54) is 11.3 Å². The molecule has 36 heavy (non-hydrogen) atoms. The number of nitrogens with one attached hydrogen (secondary N) is 1. The number of aryl methyl sites for hydroxylation is 2. The van der Waals surface area contributed by atoms with Crippen LogP contribution in [-0.2, 0) is 0 Å². The van der Waals surface area contributed by atoms with Crippen LogP contribution in [0, 0.1) is 13.8 Å². The number of hydrogen-bond acceptors (Lipinski definition) is 9. The number of carbonyl (C=O) groups is 1. The molecule has 1 saturated heterocycles. The van der Waals surface area contributed by atoms with Crippen LogP contribution in [0.15, 0.2) is 30.5 Å². The van der Waals surface area contributed by atoms with Crippen LogP contribution in [0.2, 0.25) is 5.02 Å². The number of aromatic nitrogens is 3. The minimum Gasteiger partial charge on any atom is -0.395 e. The number of halogens is 1. The Hall–Kier alpha value is -2.79. The van der Waals surface area contributed by atoms with Crippen LogP contribution in [0.5, 0.6) is 0 Å². The van der Waals surface area contributed by atoms with E-state index in [4.69, 9.17) is 16.7 Å². The van der Waals surface area contributed by atoms with Crippen molar-refractivity contribution in [1.29, 1.82) is 0 Å². The van der Waals surface area contributed by atoms with Gasteiger partial charge in [-0.05, 0) is 25.5 Å². The number of aliphatic hydroxyl groups excluding tert-OH is 1. The van der Waals surface area contributed by atoms with Gasteiger partial charge in [-0.3, -0.25) is 9.69 Å². The number of para-hydroxylation sites is 1. The highest BCUT2D eigenvalue weighted by Gasteiger charge is 2.21. The van der Waals surface area contributed by atoms with E-state index < -0.39 is 0 Å². The summed E-state index contributed by atoms with van der Waals surface area (Å²) in [6.45, 7) is 12.1. The van der Waals surface area contributed by atoms with Crippen molar-refractivity contribution in [3.05, 3.63) is 51.9 Å². The minimum atomic E-state index is -0.304. The first kappa shape index (κ1) is 27.8. The second-order valence-corrected chi connectivity index (χ2v) is 9.55. The third kappa shape index (κ3) is 6.70. The average Bonchev–Trinajstić information content (AvgIpc) is 3.38. The lowest BCUT2D eigenvalue weighted by Crippen LogP contribution is -2.47. The zero-order chi connectivity index (χ0) is 26.2. The number of hydrogen-bond donors (Lipinski definition) is 2. The maximum atomic E-state index is 12.8. The molecule has 0 radical (unpaired) electrons. The van der Waals surface area contributed by atoms with E-state index >= 15 is 0 Å². The molecule has 1 amide bonds. The summed E-state index contributed by atoms with van der Waals surface area (Å²) in [6.07, 6.45) is 1.67. The van der Waals surface area contributed by atoms with Crippen molar-refractivity contribution in [2.75, 3.05) is 61.5 Å². The SMILES string of the molecule is CC.Cc1nc(N2CCN(CCO)CC2)cc(N(C)c2cnc(C(=O)Nc3c(C)cccc3Cl)s2)n1. The molecule has 0 saturated carbocycles. The molecule has 3 aromatic rings. The lowest BCUT2D eigenvalue weighted by Gasteiger charge is -2.35. The molecule has 0 atom stereocenters. The third-order valence-electron chi connectivity index (χ3n) is 5.75. The quantitative estimate of drug-likeness (QED) is 0.464. The molecule has 0 spiro atoms. The summed E-state index contributed by atoms with van der Waals surface area (Å²) in [5.41, 5.74) is 1.48. The molecular formula is C25H34ClN7O2S. The largest absolute Gasteiger partial charge is 0.395 e. The topological polar surface area (TPSA) is 97.7 Å². The number of carbonyl (C=O) groups excluding carboxylic acids is 1. The molecule has 1 fully saturated rings. The van der Waals surface area contributed by atoms with E-state index in [-0.39, 0.29) is 12.5 Å². The summed E-state index contributed by atoms with van der Waals surface area (Å²) in [6, 6.07) is 7.44. The van der Waals surface area contributed by atoms with Crippen LogP contribution >= 0.6 is 22.9 Å². The Balaban J connectivity index is 0.00000176. The Kier molecular flexibility index (Phi) is 10.0. The molecular weight excluding hydrogens is 498 g/mol. The van der Waals surface area contributed by atoms with Crippen molar-refractivity contribution in [3.8, 4) is 0 Å². The van der Waals surface area contributed by atoms with Gasteiger partial charge in [-0.1, -0.05) is 48.9 Å². The van der Waals surface area contributed by atoms with Crippen LogP contribution < -0.4 is 15.1 Å². The summed E-state index contributed by atoms with van der Waals surface area (Å²) in [5.74, 6) is 1.97. The molecule has 0 aliphatic carbocycles.